The van der Waals surface area contributed by atoms with E-state index < -0.39 is 24.1 Å². The van der Waals surface area contributed by atoms with Crippen molar-refractivity contribution in [3.8, 4) is 0 Å². The molecule has 5 heteroatoms. The Kier molecular flexibility index (Phi) is 8.76. The van der Waals surface area contributed by atoms with Crippen molar-refractivity contribution in [3.05, 3.63) is 23.3 Å². The molecule has 1 aliphatic heterocycles. The van der Waals surface area contributed by atoms with Crippen LogP contribution in [-0.2, 0) is 14.3 Å². The van der Waals surface area contributed by atoms with E-state index in [-0.39, 0.29) is 18.4 Å². The third-order valence-corrected chi connectivity index (χ3v) is 4.31. The van der Waals surface area contributed by atoms with Crippen molar-refractivity contribution in [1.29, 1.82) is 0 Å². The molecule has 0 aromatic heterocycles. The summed E-state index contributed by atoms with van der Waals surface area (Å²) in [5, 5.41) is 18.9. The van der Waals surface area contributed by atoms with E-state index in [0.29, 0.717) is 5.92 Å². The molecular formula is C19H30O5. The van der Waals surface area contributed by atoms with Crippen LogP contribution < -0.4 is 0 Å². The number of esters is 1. The first-order valence-corrected chi connectivity index (χ1v) is 8.83. The van der Waals surface area contributed by atoms with Crippen molar-refractivity contribution in [1.82, 2.24) is 0 Å². The molecule has 0 aliphatic carbocycles. The number of hydrogen-bond donors (Lipinski definition) is 2. The summed E-state index contributed by atoms with van der Waals surface area (Å²) in [6, 6.07) is 0. The number of hydrogen-bond acceptors (Lipinski definition) is 4. The van der Waals surface area contributed by atoms with E-state index in [2.05, 4.69) is 19.9 Å². The van der Waals surface area contributed by atoms with Gasteiger partial charge < -0.3 is 14.9 Å². The molecule has 1 aliphatic rings. The second-order valence-corrected chi connectivity index (χ2v) is 6.66. The zero-order valence-electron chi connectivity index (χ0n) is 15.0. The predicted molar refractivity (Wildman–Crippen MR) is 92.5 cm³/mol. The van der Waals surface area contributed by atoms with Gasteiger partial charge in [0.15, 0.2) is 0 Å². The molecule has 1 saturated heterocycles. The maximum Gasteiger partial charge on any atom is 0.334 e. The maximum absolute atomic E-state index is 12.0. The summed E-state index contributed by atoms with van der Waals surface area (Å²) in [6.07, 6.45) is 7.75. The minimum Gasteiger partial charge on any atom is -0.481 e. The van der Waals surface area contributed by atoms with Crippen molar-refractivity contribution in [2.45, 2.75) is 77.9 Å². The highest BCUT2D eigenvalue weighted by molar-refractivity contribution is 5.90. The van der Waals surface area contributed by atoms with Gasteiger partial charge in [-0.1, -0.05) is 51.7 Å². The number of carbonyl (C=O) groups excluding carboxylic acids is 1. The van der Waals surface area contributed by atoms with Crippen LogP contribution in [0.4, 0.5) is 0 Å². The van der Waals surface area contributed by atoms with E-state index in [0.717, 1.165) is 12.0 Å². The van der Waals surface area contributed by atoms with Crippen LogP contribution in [0.2, 0.25) is 0 Å². The van der Waals surface area contributed by atoms with Gasteiger partial charge in [-0.25, -0.2) is 4.79 Å². The van der Waals surface area contributed by atoms with Crippen LogP contribution in [0.3, 0.4) is 0 Å². The van der Waals surface area contributed by atoms with Crippen LogP contribution >= 0.6 is 0 Å². The van der Waals surface area contributed by atoms with Gasteiger partial charge in [0.2, 0.25) is 0 Å². The number of cyclic esters (lactones) is 1. The normalized spacial score (nSPS) is 24.8. The molecule has 1 heterocycles. The molecule has 3 atom stereocenters. The number of rotatable bonds is 9. The fraction of sp³-hybridized carbons (Fsp3) is 0.684. The minimum atomic E-state index is -1.01. The zero-order chi connectivity index (χ0) is 18.1. The standard InChI is InChI=1S/C19H30O5/c1-4-5-6-7-8-13(2)11-14(3)18-16(20)12-15(19(23)24-18)9-10-17(21)22/h9,11,13,16,18,20H,4-8,10,12H2,1-3H3,(H,21,22)/b14-11+,15-9+/t13?,16-,18+/m0/s1. The lowest BCUT2D eigenvalue weighted by atomic mass is 9.92. The molecule has 0 saturated carbocycles. The molecule has 1 fully saturated rings. The summed E-state index contributed by atoms with van der Waals surface area (Å²) in [6.45, 7) is 6.19. The highest BCUT2D eigenvalue weighted by Crippen LogP contribution is 2.26. The minimum absolute atomic E-state index is 0.132. The Bertz CT molecular complexity index is 492. The molecule has 0 spiro atoms. The molecule has 5 nitrogen and oxygen atoms in total. The van der Waals surface area contributed by atoms with Gasteiger partial charge in [0, 0.05) is 12.0 Å². The lowest BCUT2D eigenvalue weighted by Crippen LogP contribution is -2.39. The van der Waals surface area contributed by atoms with Gasteiger partial charge in [-0.2, -0.15) is 0 Å². The number of carbonyl (C=O) groups is 2. The number of ether oxygens (including phenoxy) is 1. The molecule has 136 valence electrons. The summed E-state index contributed by atoms with van der Waals surface area (Å²) in [7, 11) is 0. The summed E-state index contributed by atoms with van der Waals surface area (Å²) >= 11 is 0. The number of allylic oxidation sites excluding steroid dienone is 1. The smallest absolute Gasteiger partial charge is 0.334 e. The molecule has 0 radical (unpaired) electrons. The van der Waals surface area contributed by atoms with Crippen LogP contribution in [0.1, 0.15) is 65.7 Å². The van der Waals surface area contributed by atoms with Gasteiger partial charge in [-0.15, -0.1) is 0 Å². The molecule has 0 aromatic rings. The van der Waals surface area contributed by atoms with Crippen LogP contribution in [0.25, 0.3) is 0 Å². The number of aliphatic carboxylic acids is 1. The highest BCUT2D eigenvalue weighted by Gasteiger charge is 2.33. The maximum atomic E-state index is 12.0. The molecule has 0 bridgehead atoms. The molecule has 0 aromatic carbocycles. The Morgan fingerprint density at radius 1 is 1.38 bits per heavy atom. The number of aliphatic hydroxyl groups excluding tert-OH is 1. The topological polar surface area (TPSA) is 83.8 Å². The Morgan fingerprint density at radius 2 is 2.08 bits per heavy atom. The largest absolute Gasteiger partial charge is 0.481 e. The fourth-order valence-electron chi connectivity index (χ4n) is 2.98. The average Bonchev–Trinajstić information content (AvgIpc) is 2.51. The summed E-state index contributed by atoms with van der Waals surface area (Å²) in [5.41, 5.74) is 1.10. The molecular weight excluding hydrogens is 308 g/mol. The van der Waals surface area contributed by atoms with Crippen LogP contribution in [0, 0.1) is 5.92 Å². The molecule has 1 unspecified atom stereocenters. The Balaban J connectivity index is 2.60. The van der Waals surface area contributed by atoms with Crippen molar-refractivity contribution in [2.75, 3.05) is 0 Å². The fourth-order valence-corrected chi connectivity index (χ4v) is 2.98. The van der Waals surface area contributed by atoms with E-state index in [4.69, 9.17) is 9.84 Å². The number of aliphatic hydroxyl groups is 1. The van der Waals surface area contributed by atoms with E-state index in [1.165, 1.54) is 31.8 Å². The SMILES string of the molecule is CCCCCCC(C)/C=C(\C)[C@H]1OC(=O)/C(=C/CC(=O)O)C[C@@H]1O. The van der Waals surface area contributed by atoms with Gasteiger partial charge in [-0.05, 0) is 24.8 Å². The Hall–Kier alpha value is -1.62. The number of carboxylic acid groups (broad SMARTS) is 1. The second-order valence-electron chi connectivity index (χ2n) is 6.66. The second kappa shape index (κ2) is 10.3. The highest BCUT2D eigenvalue weighted by atomic mass is 16.6. The number of unbranched alkanes of at least 4 members (excludes halogenated alkanes) is 3. The van der Waals surface area contributed by atoms with E-state index in [1.54, 1.807) is 0 Å². The number of carboxylic acids is 1. The van der Waals surface area contributed by atoms with Crippen molar-refractivity contribution < 1.29 is 24.5 Å². The Labute approximate surface area is 144 Å². The lowest BCUT2D eigenvalue weighted by Gasteiger charge is -2.30. The third-order valence-electron chi connectivity index (χ3n) is 4.31. The first kappa shape index (κ1) is 20.4. The van der Waals surface area contributed by atoms with Gasteiger partial charge >= 0.3 is 11.9 Å². The van der Waals surface area contributed by atoms with Crippen LogP contribution in [-0.4, -0.2) is 34.4 Å². The molecule has 24 heavy (non-hydrogen) atoms. The quantitative estimate of drug-likeness (QED) is 0.290. The Morgan fingerprint density at radius 3 is 2.71 bits per heavy atom. The first-order chi connectivity index (χ1) is 11.3. The van der Waals surface area contributed by atoms with E-state index >= 15 is 0 Å². The summed E-state index contributed by atoms with van der Waals surface area (Å²) in [5.74, 6) is -1.17. The van der Waals surface area contributed by atoms with Gasteiger partial charge in [0.05, 0.1) is 12.5 Å². The van der Waals surface area contributed by atoms with Crippen molar-refractivity contribution in [2.24, 2.45) is 5.92 Å². The molecule has 1 rings (SSSR count). The average molecular weight is 338 g/mol. The molecule has 2 N–H and O–H groups in total. The first-order valence-electron chi connectivity index (χ1n) is 8.83. The van der Waals surface area contributed by atoms with Crippen LogP contribution in [0.15, 0.2) is 23.3 Å². The molecule has 0 amide bonds. The van der Waals surface area contributed by atoms with E-state index in [9.17, 15) is 14.7 Å². The summed E-state index contributed by atoms with van der Waals surface area (Å²) in [4.78, 5) is 22.6. The van der Waals surface area contributed by atoms with Gasteiger partial charge in [-0.3, -0.25) is 4.79 Å². The zero-order valence-corrected chi connectivity index (χ0v) is 15.0. The van der Waals surface area contributed by atoms with Crippen molar-refractivity contribution >= 4 is 11.9 Å². The van der Waals surface area contributed by atoms with E-state index in [1.807, 2.05) is 6.92 Å². The van der Waals surface area contributed by atoms with Gasteiger partial charge in [0.1, 0.15) is 6.10 Å². The third kappa shape index (κ3) is 6.87. The lowest BCUT2D eigenvalue weighted by molar-refractivity contribution is -0.152. The summed E-state index contributed by atoms with van der Waals surface area (Å²) < 4.78 is 5.33. The van der Waals surface area contributed by atoms with Gasteiger partial charge in [0.25, 0.3) is 0 Å². The monoisotopic (exact) mass is 338 g/mol. The predicted octanol–water partition coefficient (Wildman–Crippen LogP) is 3.62. The van der Waals surface area contributed by atoms with Crippen molar-refractivity contribution in [3.63, 3.8) is 0 Å². The van der Waals surface area contributed by atoms with Crippen LogP contribution in [0.5, 0.6) is 0 Å².